The smallest absolute Gasteiger partial charge is 0.161 e. The fourth-order valence-electron chi connectivity index (χ4n) is 1.96. The second-order valence-electron chi connectivity index (χ2n) is 3.95. The van der Waals surface area contributed by atoms with Gasteiger partial charge in [-0.1, -0.05) is 24.3 Å². The number of fused-ring (bicyclic) bond motifs is 1. The summed E-state index contributed by atoms with van der Waals surface area (Å²) in [7, 11) is 0. The van der Waals surface area contributed by atoms with Crippen molar-refractivity contribution in [1.29, 1.82) is 0 Å². The molecule has 1 aromatic carbocycles. The number of aliphatic hydroxyl groups excluding tert-OH is 1. The highest BCUT2D eigenvalue weighted by Crippen LogP contribution is 2.37. The summed E-state index contributed by atoms with van der Waals surface area (Å²) in [4.78, 5) is 11.3. The Hall–Kier alpha value is -1.15. The summed E-state index contributed by atoms with van der Waals surface area (Å²) in [5, 5.41) is 9.09. The minimum absolute atomic E-state index is 0.0514. The Morgan fingerprint density at radius 3 is 2.93 bits per heavy atom. The van der Waals surface area contributed by atoms with Crippen LogP contribution in [0.5, 0.6) is 0 Å². The highest BCUT2D eigenvalue weighted by molar-refractivity contribution is 5.83. The zero-order valence-electron chi connectivity index (χ0n) is 8.23. The predicted octanol–water partition coefficient (Wildman–Crippen LogP) is 1.67. The van der Waals surface area contributed by atoms with Gasteiger partial charge < -0.3 is 5.11 Å². The van der Waals surface area contributed by atoms with Gasteiger partial charge in [0.1, 0.15) is 6.10 Å². The summed E-state index contributed by atoms with van der Waals surface area (Å²) in [6, 6.07) is 8.18. The Labute approximate surface area is 83.6 Å². The number of carbonyl (C=O) groups excluding carboxylic acids is 1. The van der Waals surface area contributed by atoms with E-state index >= 15 is 0 Å². The summed E-state index contributed by atoms with van der Waals surface area (Å²) in [6.45, 7) is 1.53. The van der Waals surface area contributed by atoms with Crippen LogP contribution in [0.25, 0.3) is 0 Å². The van der Waals surface area contributed by atoms with Gasteiger partial charge in [0.2, 0.25) is 0 Å². The number of ketones is 1. The predicted molar refractivity (Wildman–Crippen MR) is 54.2 cm³/mol. The lowest BCUT2D eigenvalue weighted by molar-refractivity contribution is -0.126. The number of rotatable bonds is 3. The molecule has 2 unspecified atom stereocenters. The van der Waals surface area contributed by atoms with Crippen molar-refractivity contribution in [2.24, 2.45) is 0 Å². The average Bonchev–Trinajstić information content (AvgIpc) is 2.13. The van der Waals surface area contributed by atoms with Gasteiger partial charge >= 0.3 is 0 Å². The lowest BCUT2D eigenvalue weighted by Gasteiger charge is -2.29. The van der Waals surface area contributed by atoms with Crippen LogP contribution in [0.2, 0.25) is 0 Å². The van der Waals surface area contributed by atoms with Gasteiger partial charge in [-0.25, -0.2) is 0 Å². The molecule has 1 aliphatic rings. The van der Waals surface area contributed by atoms with Crippen molar-refractivity contribution in [3.63, 3.8) is 0 Å². The largest absolute Gasteiger partial charge is 0.386 e. The highest BCUT2D eigenvalue weighted by atomic mass is 16.3. The molecule has 0 aliphatic heterocycles. The molecule has 0 saturated carbocycles. The maximum Gasteiger partial charge on any atom is 0.161 e. The Bertz CT molecular complexity index is 355. The van der Waals surface area contributed by atoms with Gasteiger partial charge in [-0.05, 0) is 30.4 Å². The molecule has 0 bridgehead atoms. The number of aliphatic hydroxyl groups is 1. The molecule has 0 amide bonds. The molecule has 14 heavy (non-hydrogen) atoms. The summed E-state index contributed by atoms with van der Waals surface area (Å²) in [5.74, 6) is 0.290. The van der Waals surface area contributed by atoms with E-state index in [1.165, 1.54) is 18.1 Å². The van der Waals surface area contributed by atoms with Gasteiger partial charge in [0.15, 0.2) is 5.78 Å². The summed E-state index contributed by atoms with van der Waals surface area (Å²) >= 11 is 0. The van der Waals surface area contributed by atoms with E-state index in [1.54, 1.807) is 0 Å². The van der Waals surface area contributed by atoms with E-state index in [0.29, 0.717) is 12.3 Å². The first-order chi connectivity index (χ1) is 6.68. The summed E-state index contributed by atoms with van der Waals surface area (Å²) in [6.07, 6.45) is 0.645. The Morgan fingerprint density at radius 1 is 1.57 bits per heavy atom. The molecule has 0 saturated heterocycles. The van der Waals surface area contributed by atoms with Crippen LogP contribution in [0.15, 0.2) is 24.3 Å². The minimum Gasteiger partial charge on any atom is -0.386 e. The van der Waals surface area contributed by atoms with Crippen LogP contribution in [-0.4, -0.2) is 17.0 Å². The molecule has 2 nitrogen and oxygen atoms in total. The van der Waals surface area contributed by atoms with Gasteiger partial charge in [0.05, 0.1) is 0 Å². The van der Waals surface area contributed by atoms with Crippen molar-refractivity contribution in [3.05, 3.63) is 35.4 Å². The molecule has 2 heteroatoms. The molecule has 0 radical (unpaired) electrons. The minimum atomic E-state index is -0.817. The van der Waals surface area contributed by atoms with Crippen LogP contribution < -0.4 is 0 Å². The third-order valence-corrected chi connectivity index (χ3v) is 2.87. The van der Waals surface area contributed by atoms with E-state index in [-0.39, 0.29) is 5.78 Å². The second-order valence-corrected chi connectivity index (χ2v) is 3.95. The topological polar surface area (TPSA) is 37.3 Å². The zero-order valence-corrected chi connectivity index (χ0v) is 8.23. The van der Waals surface area contributed by atoms with Crippen LogP contribution in [0, 0.1) is 0 Å². The van der Waals surface area contributed by atoms with Crippen LogP contribution in [0.3, 0.4) is 0 Å². The molecule has 1 aromatic rings. The maximum atomic E-state index is 11.3. The molecule has 74 valence electrons. The van der Waals surface area contributed by atoms with E-state index in [2.05, 4.69) is 12.1 Å². The van der Waals surface area contributed by atoms with Crippen molar-refractivity contribution in [3.8, 4) is 0 Å². The van der Waals surface area contributed by atoms with Gasteiger partial charge in [-0.2, -0.15) is 0 Å². The molecule has 0 aromatic heterocycles. The van der Waals surface area contributed by atoms with Crippen molar-refractivity contribution in [2.75, 3.05) is 0 Å². The fourth-order valence-corrected chi connectivity index (χ4v) is 1.96. The first kappa shape index (κ1) is 9.41. The third-order valence-electron chi connectivity index (χ3n) is 2.87. The third kappa shape index (κ3) is 1.58. The highest BCUT2D eigenvalue weighted by Gasteiger charge is 2.28. The van der Waals surface area contributed by atoms with E-state index in [0.717, 1.165) is 6.42 Å². The Morgan fingerprint density at radius 2 is 2.29 bits per heavy atom. The second kappa shape index (κ2) is 3.54. The molecule has 0 spiro atoms. The van der Waals surface area contributed by atoms with Crippen molar-refractivity contribution < 1.29 is 9.90 Å². The zero-order chi connectivity index (χ0) is 10.1. The normalized spacial score (nSPS) is 20.9. The average molecular weight is 190 g/mol. The van der Waals surface area contributed by atoms with Crippen molar-refractivity contribution in [2.45, 2.75) is 31.8 Å². The van der Waals surface area contributed by atoms with Crippen LogP contribution in [0.1, 0.15) is 30.4 Å². The van der Waals surface area contributed by atoms with E-state index < -0.39 is 6.10 Å². The van der Waals surface area contributed by atoms with Crippen molar-refractivity contribution in [1.82, 2.24) is 0 Å². The number of Topliss-reactive ketones (excluding diaryl/α,β-unsaturated/α-hetero) is 1. The number of carbonyl (C=O) groups is 1. The van der Waals surface area contributed by atoms with E-state index in [4.69, 9.17) is 5.11 Å². The molecule has 0 fully saturated rings. The molecule has 2 atom stereocenters. The molecule has 0 heterocycles. The Kier molecular flexibility index (Phi) is 2.38. The first-order valence-corrected chi connectivity index (χ1v) is 4.97. The van der Waals surface area contributed by atoms with E-state index in [1.807, 2.05) is 12.1 Å². The van der Waals surface area contributed by atoms with Gasteiger partial charge in [-0.3, -0.25) is 4.79 Å². The van der Waals surface area contributed by atoms with Gasteiger partial charge in [0.25, 0.3) is 0 Å². The lowest BCUT2D eigenvalue weighted by Crippen LogP contribution is -2.24. The SMILES string of the molecule is CC(O)C(=O)CC1Cc2ccccc21. The van der Waals surface area contributed by atoms with E-state index in [9.17, 15) is 4.79 Å². The van der Waals surface area contributed by atoms with Gasteiger partial charge in [0, 0.05) is 6.42 Å². The first-order valence-electron chi connectivity index (χ1n) is 4.97. The van der Waals surface area contributed by atoms with Crippen LogP contribution >= 0.6 is 0 Å². The van der Waals surface area contributed by atoms with Gasteiger partial charge in [-0.15, -0.1) is 0 Å². The fraction of sp³-hybridized carbons (Fsp3) is 0.417. The lowest BCUT2D eigenvalue weighted by atomic mass is 9.75. The van der Waals surface area contributed by atoms with Crippen LogP contribution in [-0.2, 0) is 11.2 Å². The molecule has 1 aliphatic carbocycles. The maximum absolute atomic E-state index is 11.3. The summed E-state index contributed by atoms with van der Waals surface area (Å²) < 4.78 is 0. The molecular weight excluding hydrogens is 176 g/mol. The van der Waals surface area contributed by atoms with Crippen molar-refractivity contribution >= 4 is 5.78 Å². The molecule has 2 rings (SSSR count). The number of benzene rings is 1. The monoisotopic (exact) mass is 190 g/mol. The molecular formula is C12H14O2. The standard InChI is InChI=1S/C12H14O2/c1-8(13)12(14)7-10-6-9-4-2-3-5-11(9)10/h2-5,8,10,13H,6-7H2,1H3. The Balaban J connectivity index is 2.03. The van der Waals surface area contributed by atoms with Crippen LogP contribution in [0.4, 0.5) is 0 Å². The quantitative estimate of drug-likeness (QED) is 0.787. The number of hydrogen-bond donors (Lipinski definition) is 1. The summed E-state index contributed by atoms with van der Waals surface area (Å²) in [5.41, 5.74) is 2.62. The molecule has 1 N–H and O–H groups in total. The number of hydrogen-bond acceptors (Lipinski definition) is 2.